The third-order valence-corrected chi connectivity index (χ3v) is 3.36. The number of hydrogen-bond donors (Lipinski definition) is 2. The fourth-order valence-electron chi connectivity index (χ4n) is 1.68. The molecule has 3 nitrogen and oxygen atoms in total. The lowest BCUT2D eigenvalue weighted by Crippen LogP contribution is -2.13. The molecule has 0 radical (unpaired) electrons. The van der Waals surface area contributed by atoms with Crippen molar-refractivity contribution in [1.29, 1.82) is 0 Å². The van der Waals surface area contributed by atoms with E-state index in [2.05, 4.69) is 5.32 Å². The van der Waals surface area contributed by atoms with Crippen LogP contribution in [0.3, 0.4) is 0 Å². The molecule has 0 bridgehead atoms. The zero-order chi connectivity index (χ0) is 15.2. The smallest absolute Gasteiger partial charge is 0.417 e. The van der Waals surface area contributed by atoms with Gasteiger partial charge in [-0.3, -0.25) is 0 Å². The molecule has 0 aliphatic carbocycles. The van der Waals surface area contributed by atoms with Crippen LogP contribution in [-0.4, -0.2) is 29.6 Å². The highest BCUT2D eigenvalue weighted by molar-refractivity contribution is 7.98. The molecule has 0 saturated heterocycles. The molecule has 7 heteroatoms. The molecule has 0 aliphatic rings. The third-order valence-electron chi connectivity index (χ3n) is 2.66. The maximum atomic E-state index is 12.6. The largest absolute Gasteiger partial charge is 0.478 e. The van der Waals surface area contributed by atoms with E-state index in [1.165, 1.54) is 6.07 Å². The SMILES string of the molecule is CSCCCCNc1ccc(C(F)(F)F)c(C(=O)O)c1. The van der Waals surface area contributed by atoms with Gasteiger partial charge in [-0.2, -0.15) is 24.9 Å². The van der Waals surface area contributed by atoms with Gasteiger partial charge >= 0.3 is 12.1 Å². The standard InChI is InChI=1S/C13H16F3NO2S/c1-20-7-3-2-6-17-9-4-5-11(13(14,15)16)10(8-9)12(18)19/h4-5,8,17H,2-3,6-7H2,1H3,(H,18,19). The minimum atomic E-state index is -4.66. The summed E-state index contributed by atoms with van der Waals surface area (Å²) in [6.07, 6.45) is -0.780. The number of carboxylic acids is 1. The normalized spacial score (nSPS) is 11.4. The first-order valence-electron chi connectivity index (χ1n) is 6.03. The Labute approximate surface area is 119 Å². The van der Waals surface area contributed by atoms with Crippen molar-refractivity contribution < 1.29 is 23.1 Å². The summed E-state index contributed by atoms with van der Waals surface area (Å²) in [5, 5.41) is 11.8. The van der Waals surface area contributed by atoms with Crippen molar-refractivity contribution in [3.63, 3.8) is 0 Å². The number of anilines is 1. The predicted octanol–water partition coefficient (Wildman–Crippen LogP) is 3.96. The van der Waals surface area contributed by atoms with Gasteiger partial charge in [0.1, 0.15) is 0 Å². The highest BCUT2D eigenvalue weighted by Gasteiger charge is 2.35. The van der Waals surface area contributed by atoms with Crippen LogP contribution in [0.4, 0.5) is 18.9 Å². The molecule has 1 aromatic rings. The Balaban J connectivity index is 2.76. The Hall–Kier alpha value is -1.37. The number of hydrogen-bond acceptors (Lipinski definition) is 3. The molecule has 20 heavy (non-hydrogen) atoms. The van der Waals surface area contributed by atoms with E-state index in [4.69, 9.17) is 5.11 Å². The quantitative estimate of drug-likeness (QED) is 0.749. The van der Waals surface area contributed by atoms with Gasteiger partial charge in [0.25, 0.3) is 0 Å². The van der Waals surface area contributed by atoms with Crippen molar-refractivity contribution in [1.82, 2.24) is 0 Å². The lowest BCUT2D eigenvalue weighted by molar-refractivity contribution is -0.138. The number of halogens is 3. The molecule has 0 spiro atoms. The van der Waals surface area contributed by atoms with Gasteiger partial charge in [-0.25, -0.2) is 4.79 Å². The third kappa shape index (κ3) is 4.96. The van der Waals surface area contributed by atoms with Crippen LogP contribution in [0.1, 0.15) is 28.8 Å². The maximum absolute atomic E-state index is 12.6. The zero-order valence-electron chi connectivity index (χ0n) is 11.0. The average Bonchev–Trinajstić information content (AvgIpc) is 2.37. The Morgan fingerprint density at radius 3 is 2.60 bits per heavy atom. The average molecular weight is 307 g/mol. The van der Waals surface area contributed by atoms with Crippen molar-refractivity contribution in [2.24, 2.45) is 0 Å². The second kappa shape index (κ2) is 7.42. The first-order valence-corrected chi connectivity index (χ1v) is 7.43. The number of rotatable bonds is 7. The van der Waals surface area contributed by atoms with E-state index in [0.29, 0.717) is 12.2 Å². The fraction of sp³-hybridized carbons (Fsp3) is 0.462. The first kappa shape index (κ1) is 16.7. The van der Waals surface area contributed by atoms with E-state index in [9.17, 15) is 18.0 Å². The van der Waals surface area contributed by atoms with Crippen LogP contribution < -0.4 is 5.32 Å². The van der Waals surface area contributed by atoms with Crippen LogP contribution in [-0.2, 0) is 6.18 Å². The lowest BCUT2D eigenvalue weighted by Gasteiger charge is -2.13. The molecule has 2 N–H and O–H groups in total. The molecule has 0 amide bonds. The number of carboxylic acid groups (broad SMARTS) is 1. The second-order valence-electron chi connectivity index (χ2n) is 4.19. The van der Waals surface area contributed by atoms with Crippen LogP contribution in [0.15, 0.2) is 18.2 Å². The molecular weight excluding hydrogens is 291 g/mol. The zero-order valence-corrected chi connectivity index (χ0v) is 11.8. The summed E-state index contributed by atoms with van der Waals surface area (Å²) >= 11 is 1.73. The van der Waals surface area contributed by atoms with Crippen LogP contribution in [0.25, 0.3) is 0 Å². The monoisotopic (exact) mass is 307 g/mol. The molecule has 0 aromatic heterocycles. The Morgan fingerprint density at radius 1 is 1.35 bits per heavy atom. The molecule has 0 atom stereocenters. The Kier molecular flexibility index (Phi) is 6.19. The molecular formula is C13H16F3NO2S. The van der Waals surface area contributed by atoms with E-state index in [1.807, 2.05) is 6.26 Å². The van der Waals surface area contributed by atoms with Gasteiger partial charge in [-0.15, -0.1) is 0 Å². The van der Waals surface area contributed by atoms with Crippen molar-refractivity contribution >= 4 is 23.4 Å². The van der Waals surface area contributed by atoms with Crippen molar-refractivity contribution in [3.05, 3.63) is 29.3 Å². The molecule has 0 unspecified atom stereocenters. The highest BCUT2D eigenvalue weighted by atomic mass is 32.2. The van der Waals surface area contributed by atoms with Crippen LogP contribution in [0.2, 0.25) is 0 Å². The number of benzene rings is 1. The summed E-state index contributed by atoms with van der Waals surface area (Å²) in [5.41, 5.74) is -1.47. The van der Waals surface area contributed by atoms with Crippen molar-refractivity contribution in [2.75, 3.05) is 23.9 Å². The number of thioether (sulfide) groups is 1. The van der Waals surface area contributed by atoms with Crippen LogP contribution in [0.5, 0.6) is 0 Å². The van der Waals surface area contributed by atoms with Gasteiger partial charge < -0.3 is 10.4 Å². The summed E-state index contributed by atoms with van der Waals surface area (Å²) in [6, 6.07) is 3.08. The van der Waals surface area contributed by atoms with Gasteiger partial charge in [0.05, 0.1) is 11.1 Å². The fourth-order valence-corrected chi connectivity index (χ4v) is 2.18. The van der Waals surface area contributed by atoms with E-state index in [1.54, 1.807) is 11.8 Å². The van der Waals surface area contributed by atoms with E-state index in [-0.39, 0.29) is 0 Å². The van der Waals surface area contributed by atoms with Gasteiger partial charge in [-0.05, 0) is 43.0 Å². The lowest BCUT2D eigenvalue weighted by atomic mass is 10.1. The van der Waals surface area contributed by atoms with Gasteiger partial charge in [0.15, 0.2) is 0 Å². The number of alkyl halides is 3. The van der Waals surface area contributed by atoms with Gasteiger partial charge in [0.2, 0.25) is 0 Å². The van der Waals surface area contributed by atoms with E-state index < -0.39 is 23.3 Å². The van der Waals surface area contributed by atoms with Crippen LogP contribution in [0, 0.1) is 0 Å². The molecule has 0 aliphatic heterocycles. The molecule has 0 fully saturated rings. The summed E-state index contributed by atoms with van der Waals surface area (Å²) < 4.78 is 37.9. The van der Waals surface area contributed by atoms with Gasteiger partial charge in [-0.1, -0.05) is 0 Å². The molecule has 0 heterocycles. The number of carbonyl (C=O) groups is 1. The molecule has 112 valence electrons. The Bertz CT molecular complexity index is 463. The number of aromatic carboxylic acids is 1. The molecule has 1 rings (SSSR count). The highest BCUT2D eigenvalue weighted by Crippen LogP contribution is 2.33. The summed E-state index contributed by atoms with van der Waals surface area (Å²) in [5.74, 6) is -0.557. The topological polar surface area (TPSA) is 49.3 Å². The van der Waals surface area contributed by atoms with Gasteiger partial charge in [0, 0.05) is 12.2 Å². The molecule has 0 saturated carbocycles. The summed E-state index contributed by atoms with van der Waals surface area (Å²) in [6.45, 7) is 0.602. The maximum Gasteiger partial charge on any atom is 0.417 e. The summed E-state index contributed by atoms with van der Waals surface area (Å²) in [4.78, 5) is 10.9. The van der Waals surface area contributed by atoms with E-state index >= 15 is 0 Å². The minimum Gasteiger partial charge on any atom is -0.478 e. The van der Waals surface area contributed by atoms with Crippen LogP contribution >= 0.6 is 11.8 Å². The van der Waals surface area contributed by atoms with E-state index in [0.717, 1.165) is 30.7 Å². The van der Waals surface area contributed by atoms with Crippen molar-refractivity contribution in [2.45, 2.75) is 19.0 Å². The number of unbranched alkanes of at least 4 members (excludes halogenated alkanes) is 1. The minimum absolute atomic E-state index is 0.388. The Morgan fingerprint density at radius 2 is 2.05 bits per heavy atom. The predicted molar refractivity (Wildman–Crippen MR) is 74.5 cm³/mol. The summed E-state index contributed by atoms with van der Waals surface area (Å²) in [7, 11) is 0. The first-order chi connectivity index (χ1) is 9.36. The number of nitrogens with one attached hydrogen (secondary N) is 1. The molecule has 1 aromatic carbocycles. The van der Waals surface area contributed by atoms with Crippen molar-refractivity contribution in [3.8, 4) is 0 Å². The second-order valence-corrected chi connectivity index (χ2v) is 5.18.